The summed E-state index contributed by atoms with van der Waals surface area (Å²) in [5.74, 6) is -0.988. The number of fused-ring (bicyclic) bond motifs is 4. The molecular weight excluding hydrogens is 592 g/mol. The molecule has 5 aromatic rings. The first-order chi connectivity index (χ1) is 23.2. The maximum atomic E-state index is 13.4. The molecule has 5 aromatic carbocycles. The van der Waals surface area contributed by atoms with Crippen LogP contribution < -0.4 is 0 Å². The number of methoxy groups -OCH3 is 2. The van der Waals surface area contributed by atoms with Crippen molar-refractivity contribution >= 4 is 55.0 Å². The van der Waals surface area contributed by atoms with Crippen LogP contribution in [0.5, 0.6) is 0 Å². The number of hydrogen-bond acceptors (Lipinski definition) is 4. The van der Waals surface area contributed by atoms with Gasteiger partial charge in [-0.2, -0.15) is 0 Å². The smallest absolute Gasteiger partial charge is 0.339 e. The first-order valence-electron chi connectivity index (χ1n) is 18.4. The number of esters is 2. The Balaban J connectivity index is 2.12. The molecule has 0 aromatic heterocycles. The second-order valence-electron chi connectivity index (χ2n) is 13.1. The zero-order valence-electron chi connectivity index (χ0n) is 31.0. The average Bonchev–Trinajstić information content (AvgIpc) is 3.11. The van der Waals surface area contributed by atoms with Crippen molar-refractivity contribution in [2.75, 3.05) is 14.2 Å². The third-order valence-corrected chi connectivity index (χ3v) is 10.8. The fraction of sp³-hybridized carbons (Fsp3) is 0.455. The van der Waals surface area contributed by atoms with E-state index in [-0.39, 0.29) is 0 Å². The molecule has 0 N–H and O–H groups in total. The Morgan fingerprint density at radius 2 is 0.646 bits per heavy atom. The molecule has 0 amide bonds. The van der Waals surface area contributed by atoms with Crippen LogP contribution in [0.2, 0.25) is 0 Å². The van der Waals surface area contributed by atoms with Crippen molar-refractivity contribution < 1.29 is 19.1 Å². The van der Waals surface area contributed by atoms with Gasteiger partial charge in [-0.3, -0.25) is 0 Å². The molecule has 48 heavy (non-hydrogen) atoms. The fourth-order valence-electron chi connectivity index (χ4n) is 8.84. The van der Waals surface area contributed by atoms with E-state index in [2.05, 4.69) is 65.8 Å². The van der Waals surface area contributed by atoms with E-state index in [9.17, 15) is 9.59 Å². The van der Waals surface area contributed by atoms with Crippen LogP contribution in [0.15, 0.2) is 24.3 Å². The van der Waals surface area contributed by atoms with Gasteiger partial charge in [-0.1, -0.05) is 68.2 Å². The van der Waals surface area contributed by atoms with Crippen molar-refractivity contribution in [3.63, 3.8) is 0 Å². The molecule has 0 radical (unpaired) electrons. The molecule has 0 aliphatic rings. The van der Waals surface area contributed by atoms with Gasteiger partial charge in [0.1, 0.15) is 0 Å². The summed E-state index contributed by atoms with van der Waals surface area (Å²) in [6.45, 7) is 17.9. The lowest BCUT2D eigenvalue weighted by atomic mass is 9.80. The van der Waals surface area contributed by atoms with Crippen LogP contribution in [0.1, 0.15) is 133 Å². The lowest BCUT2D eigenvalue weighted by Gasteiger charge is -2.24. The van der Waals surface area contributed by atoms with E-state index in [4.69, 9.17) is 9.47 Å². The van der Waals surface area contributed by atoms with Crippen LogP contribution in [0.25, 0.3) is 43.1 Å². The molecule has 0 aliphatic carbocycles. The lowest BCUT2D eigenvalue weighted by molar-refractivity contribution is 0.0553. The summed E-state index contributed by atoms with van der Waals surface area (Å²) in [5.41, 5.74) is 11.2. The second kappa shape index (κ2) is 14.7. The SMILES string of the molecule is CCCc1c2cc3c(CC)c(CC)c(CC)c(CC)c3cc2c(CCC)c2cc3c(CC)c(C(=O)OC)c(C(=O)OC)c(CC)c3cc12. The number of ether oxygens (including phenoxy) is 2. The van der Waals surface area contributed by atoms with Crippen molar-refractivity contribution in [1.29, 1.82) is 0 Å². The van der Waals surface area contributed by atoms with E-state index >= 15 is 0 Å². The van der Waals surface area contributed by atoms with Gasteiger partial charge in [0.2, 0.25) is 0 Å². The minimum atomic E-state index is -0.494. The van der Waals surface area contributed by atoms with Crippen LogP contribution >= 0.6 is 0 Å². The lowest BCUT2D eigenvalue weighted by Crippen LogP contribution is -2.18. The minimum Gasteiger partial charge on any atom is -0.465 e. The summed E-state index contributed by atoms with van der Waals surface area (Å²) in [6, 6.07) is 9.74. The Labute approximate surface area is 287 Å². The van der Waals surface area contributed by atoms with Gasteiger partial charge in [-0.05, 0) is 163 Å². The number of aryl methyl sites for hydroxylation is 6. The average molecular weight is 647 g/mol. The number of rotatable bonds is 12. The molecule has 0 bridgehead atoms. The van der Waals surface area contributed by atoms with E-state index in [1.807, 2.05) is 13.8 Å². The largest absolute Gasteiger partial charge is 0.465 e. The number of benzene rings is 5. The highest BCUT2D eigenvalue weighted by molar-refractivity contribution is 6.18. The molecule has 0 heterocycles. The highest BCUT2D eigenvalue weighted by atomic mass is 16.5. The van der Waals surface area contributed by atoms with Crippen LogP contribution in [0, 0.1) is 0 Å². The summed E-state index contributed by atoms with van der Waals surface area (Å²) in [4.78, 5) is 26.8. The number of hydrogen-bond donors (Lipinski definition) is 0. The van der Waals surface area contributed by atoms with Gasteiger partial charge in [-0.15, -0.1) is 0 Å². The summed E-state index contributed by atoms with van der Waals surface area (Å²) in [6.07, 6.45) is 9.28. The van der Waals surface area contributed by atoms with Crippen LogP contribution in [0.4, 0.5) is 0 Å². The molecule has 0 atom stereocenters. The molecule has 0 aliphatic heterocycles. The van der Waals surface area contributed by atoms with Gasteiger partial charge >= 0.3 is 11.9 Å². The normalized spacial score (nSPS) is 11.7. The van der Waals surface area contributed by atoms with Crippen molar-refractivity contribution in [1.82, 2.24) is 0 Å². The Hall–Kier alpha value is -3.92. The number of carbonyl (C=O) groups is 2. The Morgan fingerprint density at radius 3 is 0.875 bits per heavy atom. The van der Waals surface area contributed by atoms with Crippen molar-refractivity contribution in [2.24, 2.45) is 0 Å². The van der Waals surface area contributed by atoms with Crippen LogP contribution in [-0.2, 0) is 60.8 Å². The molecule has 254 valence electrons. The molecule has 5 rings (SSSR count). The van der Waals surface area contributed by atoms with E-state index in [0.29, 0.717) is 24.0 Å². The highest BCUT2D eigenvalue weighted by Gasteiger charge is 2.29. The first kappa shape index (κ1) is 35.4. The molecule has 0 spiro atoms. The maximum Gasteiger partial charge on any atom is 0.339 e. The van der Waals surface area contributed by atoms with Crippen LogP contribution in [0.3, 0.4) is 0 Å². The predicted molar refractivity (Wildman–Crippen MR) is 203 cm³/mol. The van der Waals surface area contributed by atoms with Crippen molar-refractivity contribution in [2.45, 2.75) is 120 Å². The molecule has 0 saturated carbocycles. The van der Waals surface area contributed by atoms with Gasteiger partial charge in [0.15, 0.2) is 0 Å². The number of carbonyl (C=O) groups excluding carboxylic acids is 2. The second-order valence-corrected chi connectivity index (χ2v) is 13.1. The standard InChI is InChI=1S/C44H54O4/c1-11-19-31-37-21-33-27(15-5)25(13-3)26(14-4)28(16-6)34(33)22-38(37)32(20-12-2)40-24-36-30(18-8)42(44(46)48-10)41(43(45)47-9)29(17-7)35(36)23-39(31)40/h21-24H,11-20H2,1-10H3. The van der Waals surface area contributed by atoms with Gasteiger partial charge < -0.3 is 9.47 Å². The Bertz CT molecular complexity index is 1920. The molecule has 4 nitrogen and oxygen atoms in total. The summed E-state index contributed by atoms with van der Waals surface area (Å²) >= 11 is 0. The van der Waals surface area contributed by atoms with Gasteiger partial charge in [-0.25, -0.2) is 9.59 Å². The zero-order chi connectivity index (χ0) is 34.9. The van der Waals surface area contributed by atoms with Gasteiger partial charge in [0.25, 0.3) is 0 Å². The monoisotopic (exact) mass is 646 g/mol. The minimum absolute atomic E-state index is 0.340. The summed E-state index contributed by atoms with van der Waals surface area (Å²) in [7, 11) is 2.77. The summed E-state index contributed by atoms with van der Waals surface area (Å²) < 4.78 is 10.6. The topological polar surface area (TPSA) is 52.6 Å². The van der Waals surface area contributed by atoms with E-state index in [0.717, 1.165) is 73.3 Å². The third kappa shape index (κ3) is 5.46. The first-order valence-corrected chi connectivity index (χ1v) is 18.4. The van der Waals surface area contributed by atoms with Crippen molar-refractivity contribution in [3.05, 3.63) is 79.9 Å². The zero-order valence-corrected chi connectivity index (χ0v) is 31.0. The molecule has 0 unspecified atom stereocenters. The molecule has 0 fully saturated rings. The highest BCUT2D eigenvalue weighted by Crippen LogP contribution is 2.44. The Kier molecular flexibility index (Phi) is 10.8. The molecule has 0 saturated heterocycles. The third-order valence-electron chi connectivity index (χ3n) is 10.8. The van der Waals surface area contributed by atoms with E-state index in [1.165, 1.54) is 79.9 Å². The fourth-order valence-corrected chi connectivity index (χ4v) is 8.84. The van der Waals surface area contributed by atoms with E-state index < -0.39 is 11.9 Å². The quantitative estimate of drug-likeness (QED) is 0.1000. The predicted octanol–water partition coefficient (Wildman–Crippen LogP) is 11.2. The maximum absolute atomic E-state index is 13.4. The van der Waals surface area contributed by atoms with Crippen molar-refractivity contribution in [3.8, 4) is 0 Å². The van der Waals surface area contributed by atoms with Gasteiger partial charge in [0, 0.05) is 0 Å². The molecule has 4 heteroatoms. The van der Waals surface area contributed by atoms with Gasteiger partial charge in [0.05, 0.1) is 25.3 Å². The van der Waals surface area contributed by atoms with E-state index in [1.54, 1.807) is 0 Å². The van der Waals surface area contributed by atoms with Crippen LogP contribution in [-0.4, -0.2) is 26.2 Å². The molecular formula is C44H54O4. The summed E-state index contributed by atoms with van der Waals surface area (Å²) in [5, 5.41) is 10.1. The Morgan fingerprint density at radius 1 is 0.396 bits per heavy atom.